The van der Waals surface area contributed by atoms with Crippen LogP contribution in [0.2, 0.25) is 5.02 Å². The van der Waals surface area contributed by atoms with Gasteiger partial charge in [-0.3, -0.25) is 9.78 Å². The number of methoxy groups -OCH3 is 1. The number of unbranched alkanes of at least 4 members (excludes halogenated alkanes) is 1. The second-order valence-corrected chi connectivity index (χ2v) is 10.9. The highest BCUT2D eigenvalue weighted by molar-refractivity contribution is 6.30. The predicted octanol–water partition coefficient (Wildman–Crippen LogP) is 7.51. The Labute approximate surface area is 230 Å². The van der Waals surface area contributed by atoms with Gasteiger partial charge in [-0.1, -0.05) is 23.7 Å². The Morgan fingerprint density at radius 2 is 1.97 bits per heavy atom. The molecule has 0 radical (unpaired) electrons. The molecule has 2 heterocycles. The molecule has 1 aliphatic heterocycles. The molecule has 204 valence electrons. The maximum atomic E-state index is 15.6. The number of hydrogen-bond donors (Lipinski definition) is 1. The van der Waals surface area contributed by atoms with E-state index in [4.69, 9.17) is 16.3 Å². The number of likely N-dealkylation sites (tertiary alicyclic amines) is 1. The number of aromatic nitrogens is 1. The van der Waals surface area contributed by atoms with Crippen molar-refractivity contribution < 1.29 is 19.0 Å². The number of carboxylic acid groups (broad SMARTS) is 1. The molecule has 3 atom stereocenters. The molecule has 3 aromatic rings. The zero-order valence-electron chi connectivity index (χ0n) is 22.1. The number of halogens is 2. The number of ether oxygens (including phenoxy) is 1. The lowest BCUT2D eigenvalue weighted by atomic mass is 9.79. The smallest absolute Gasteiger partial charge is 0.303 e. The summed E-state index contributed by atoms with van der Waals surface area (Å²) in [7, 11) is 1.60. The molecule has 1 aromatic heterocycles. The molecule has 5 nitrogen and oxygen atoms in total. The van der Waals surface area contributed by atoms with Crippen LogP contribution in [-0.4, -0.2) is 47.7 Å². The first-order chi connectivity index (χ1) is 18.4. The SMILES string of the molecule is COc1ccc2nccc(C(F)CC[C@@H]3CCN(CCCCc4ccc(Cl)cc4)C[C@@H]3CCC(=O)O)c2c1. The van der Waals surface area contributed by atoms with Gasteiger partial charge in [-0.05, 0) is 117 Å². The van der Waals surface area contributed by atoms with Crippen molar-refractivity contribution >= 4 is 28.5 Å². The molecule has 4 rings (SSSR count). The number of fused-ring (bicyclic) bond motifs is 1. The summed E-state index contributed by atoms with van der Waals surface area (Å²) in [5, 5.41) is 10.9. The minimum absolute atomic E-state index is 0.166. The van der Waals surface area contributed by atoms with Crippen molar-refractivity contribution in [1.82, 2.24) is 9.88 Å². The first-order valence-electron chi connectivity index (χ1n) is 13.7. The van der Waals surface area contributed by atoms with Gasteiger partial charge in [0, 0.05) is 29.6 Å². The van der Waals surface area contributed by atoms with Gasteiger partial charge < -0.3 is 14.7 Å². The maximum Gasteiger partial charge on any atom is 0.303 e. The van der Waals surface area contributed by atoms with Gasteiger partial charge in [-0.2, -0.15) is 0 Å². The van der Waals surface area contributed by atoms with Crippen LogP contribution in [0.5, 0.6) is 5.75 Å². The van der Waals surface area contributed by atoms with Crippen LogP contribution in [0, 0.1) is 11.8 Å². The highest BCUT2D eigenvalue weighted by Crippen LogP contribution is 2.36. The normalized spacial score (nSPS) is 18.9. The van der Waals surface area contributed by atoms with E-state index >= 15 is 4.39 Å². The van der Waals surface area contributed by atoms with Crippen molar-refractivity contribution in [3.8, 4) is 5.75 Å². The topological polar surface area (TPSA) is 62.7 Å². The Kier molecular flexibility index (Phi) is 10.4. The standard InChI is InChI=1S/C31H38ClFN2O3/c1-38-26-11-13-30-28(20-26)27(15-17-34-30)29(33)12-7-23-16-19-35(21-24(23)8-14-31(36)37)18-3-2-4-22-5-9-25(32)10-6-22/h5-6,9-11,13,15,17,20,23-24,29H,2-4,7-8,12,14,16,18-19,21H2,1H3,(H,36,37)/t23-,24+,29?/m1/s1. The summed E-state index contributed by atoms with van der Waals surface area (Å²) in [6, 6.07) is 15.3. The van der Waals surface area contributed by atoms with Crippen molar-refractivity contribution in [2.24, 2.45) is 11.8 Å². The van der Waals surface area contributed by atoms with Crippen molar-refractivity contribution in [2.75, 3.05) is 26.7 Å². The average Bonchev–Trinajstić information content (AvgIpc) is 2.93. The molecule has 38 heavy (non-hydrogen) atoms. The number of pyridine rings is 1. The van der Waals surface area contributed by atoms with Gasteiger partial charge in [0.25, 0.3) is 0 Å². The third-order valence-electron chi connectivity index (χ3n) is 7.92. The van der Waals surface area contributed by atoms with Crippen molar-refractivity contribution in [2.45, 2.75) is 57.5 Å². The summed E-state index contributed by atoms with van der Waals surface area (Å²) in [6.45, 7) is 2.90. The Morgan fingerprint density at radius 3 is 2.74 bits per heavy atom. The second kappa shape index (κ2) is 13.9. The molecular formula is C31H38ClFN2O3. The molecule has 1 unspecified atom stereocenters. The molecule has 0 bridgehead atoms. The summed E-state index contributed by atoms with van der Waals surface area (Å²) in [5.41, 5.74) is 2.71. The molecule has 2 aromatic carbocycles. The predicted molar refractivity (Wildman–Crippen MR) is 151 cm³/mol. The number of alkyl halides is 1. The van der Waals surface area contributed by atoms with Crippen LogP contribution in [0.25, 0.3) is 10.9 Å². The number of aryl methyl sites for hydroxylation is 1. The molecule has 7 heteroatoms. The monoisotopic (exact) mass is 540 g/mol. The van der Waals surface area contributed by atoms with E-state index in [1.165, 1.54) is 5.56 Å². The fourth-order valence-electron chi connectivity index (χ4n) is 5.75. The molecule has 1 aliphatic rings. The number of rotatable bonds is 13. The van der Waals surface area contributed by atoms with E-state index in [2.05, 4.69) is 22.0 Å². The van der Waals surface area contributed by atoms with E-state index in [-0.39, 0.29) is 12.3 Å². The Hall–Kier alpha value is -2.70. The van der Waals surface area contributed by atoms with Gasteiger partial charge in [0.15, 0.2) is 0 Å². The summed E-state index contributed by atoms with van der Waals surface area (Å²) in [4.78, 5) is 18.2. The first-order valence-corrected chi connectivity index (χ1v) is 14.1. The summed E-state index contributed by atoms with van der Waals surface area (Å²) in [6.07, 6.45) is 6.78. The number of nitrogens with zero attached hydrogens (tertiary/aromatic N) is 2. The number of piperidine rings is 1. The van der Waals surface area contributed by atoms with Crippen LogP contribution >= 0.6 is 11.6 Å². The number of carboxylic acids is 1. The second-order valence-electron chi connectivity index (χ2n) is 10.5. The first kappa shape index (κ1) is 28.3. The molecule has 0 aliphatic carbocycles. The maximum absolute atomic E-state index is 15.6. The van der Waals surface area contributed by atoms with Gasteiger partial charge in [0.1, 0.15) is 11.9 Å². The fraction of sp³-hybridized carbons (Fsp3) is 0.484. The van der Waals surface area contributed by atoms with Crippen LogP contribution < -0.4 is 4.74 Å². The minimum Gasteiger partial charge on any atom is -0.497 e. The van der Waals surface area contributed by atoms with Gasteiger partial charge in [-0.15, -0.1) is 0 Å². The molecule has 1 fully saturated rings. The van der Waals surface area contributed by atoms with Crippen molar-refractivity contribution in [1.29, 1.82) is 0 Å². The van der Waals surface area contributed by atoms with E-state index in [1.54, 1.807) is 19.4 Å². The Bertz CT molecular complexity index is 1190. The van der Waals surface area contributed by atoms with E-state index in [9.17, 15) is 9.90 Å². The molecule has 1 saturated heterocycles. The average molecular weight is 541 g/mol. The highest BCUT2D eigenvalue weighted by Gasteiger charge is 2.30. The van der Waals surface area contributed by atoms with Crippen molar-refractivity contribution in [3.63, 3.8) is 0 Å². The van der Waals surface area contributed by atoms with Crippen molar-refractivity contribution in [3.05, 3.63) is 70.9 Å². The summed E-state index contributed by atoms with van der Waals surface area (Å²) < 4.78 is 20.9. The fourth-order valence-corrected chi connectivity index (χ4v) is 5.88. The molecule has 0 spiro atoms. The third-order valence-corrected chi connectivity index (χ3v) is 8.17. The number of hydrogen-bond acceptors (Lipinski definition) is 4. The molecule has 0 saturated carbocycles. The Balaban J connectivity index is 1.31. The third kappa shape index (κ3) is 7.90. The van der Waals surface area contributed by atoms with E-state index in [0.717, 1.165) is 67.7 Å². The van der Waals surface area contributed by atoms with E-state index in [1.807, 2.05) is 30.3 Å². The van der Waals surface area contributed by atoms with E-state index < -0.39 is 12.1 Å². The lowest BCUT2D eigenvalue weighted by Gasteiger charge is -2.39. The number of aliphatic carboxylic acids is 1. The van der Waals surface area contributed by atoms with Crippen LogP contribution in [0.4, 0.5) is 4.39 Å². The summed E-state index contributed by atoms with van der Waals surface area (Å²) in [5.74, 6) is 0.538. The largest absolute Gasteiger partial charge is 0.497 e. The lowest BCUT2D eigenvalue weighted by Crippen LogP contribution is -2.41. The van der Waals surface area contributed by atoms with Crippen LogP contribution in [0.3, 0.4) is 0 Å². The lowest BCUT2D eigenvalue weighted by molar-refractivity contribution is -0.137. The van der Waals surface area contributed by atoms with Crippen LogP contribution in [0.15, 0.2) is 54.7 Å². The van der Waals surface area contributed by atoms with E-state index in [0.29, 0.717) is 30.1 Å². The quantitative estimate of drug-likeness (QED) is 0.227. The van der Waals surface area contributed by atoms with Crippen LogP contribution in [-0.2, 0) is 11.2 Å². The number of carbonyl (C=O) groups is 1. The summed E-state index contributed by atoms with van der Waals surface area (Å²) >= 11 is 5.98. The van der Waals surface area contributed by atoms with Gasteiger partial charge >= 0.3 is 5.97 Å². The molecular weight excluding hydrogens is 503 g/mol. The zero-order chi connectivity index (χ0) is 26.9. The molecule has 1 N–H and O–H groups in total. The van der Waals surface area contributed by atoms with Gasteiger partial charge in [0.2, 0.25) is 0 Å². The molecule has 0 amide bonds. The van der Waals surface area contributed by atoms with Crippen LogP contribution in [0.1, 0.15) is 62.2 Å². The van der Waals surface area contributed by atoms with Gasteiger partial charge in [-0.25, -0.2) is 4.39 Å². The highest BCUT2D eigenvalue weighted by atomic mass is 35.5. The number of benzene rings is 2. The zero-order valence-corrected chi connectivity index (χ0v) is 22.9. The Morgan fingerprint density at radius 1 is 1.16 bits per heavy atom. The van der Waals surface area contributed by atoms with Gasteiger partial charge in [0.05, 0.1) is 12.6 Å². The minimum atomic E-state index is -1.10.